The number of rotatable bonds is 7. The third kappa shape index (κ3) is 4.76. The second kappa shape index (κ2) is 8.78. The maximum Gasteiger partial charge on any atom is 0.248 e. The van der Waals surface area contributed by atoms with Gasteiger partial charge in [-0.3, -0.25) is 4.79 Å². The lowest BCUT2D eigenvalue weighted by molar-refractivity contribution is -0.111. The molecular weight excluding hydrogens is 318 g/mol. The van der Waals surface area contributed by atoms with Crippen LogP contribution in [0.3, 0.4) is 0 Å². The standard InChI is InChI=1S/C20H23NO4/c1-5-25-18-9-7-6-8-17(18)21-20(22)12-14(2)16-11-10-15(23-3)13-19(16)24-4/h6-13H,5H2,1-4H3,(H,21,22)/b14-12+. The van der Waals surface area contributed by atoms with E-state index in [2.05, 4.69) is 5.32 Å². The third-order valence-corrected chi connectivity index (χ3v) is 3.63. The second-order valence-corrected chi connectivity index (χ2v) is 5.31. The summed E-state index contributed by atoms with van der Waals surface area (Å²) in [6.45, 7) is 4.29. The van der Waals surface area contributed by atoms with Crippen molar-refractivity contribution in [1.82, 2.24) is 0 Å². The number of amides is 1. The van der Waals surface area contributed by atoms with Gasteiger partial charge in [-0.2, -0.15) is 0 Å². The molecule has 0 spiro atoms. The number of ether oxygens (including phenoxy) is 3. The maximum atomic E-state index is 12.4. The van der Waals surface area contributed by atoms with Crippen LogP contribution < -0.4 is 19.5 Å². The van der Waals surface area contributed by atoms with E-state index < -0.39 is 0 Å². The Morgan fingerprint density at radius 1 is 1.08 bits per heavy atom. The third-order valence-electron chi connectivity index (χ3n) is 3.63. The lowest BCUT2D eigenvalue weighted by atomic mass is 10.1. The topological polar surface area (TPSA) is 56.8 Å². The molecule has 0 bridgehead atoms. The van der Waals surface area contributed by atoms with Gasteiger partial charge in [-0.25, -0.2) is 0 Å². The van der Waals surface area contributed by atoms with Gasteiger partial charge in [0.05, 0.1) is 26.5 Å². The molecule has 0 saturated carbocycles. The van der Waals surface area contributed by atoms with Gasteiger partial charge in [0, 0.05) is 17.7 Å². The van der Waals surface area contributed by atoms with Gasteiger partial charge in [0.2, 0.25) is 5.91 Å². The number of anilines is 1. The van der Waals surface area contributed by atoms with E-state index in [1.807, 2.05) is 44.2 Å². The zero-order valence-electron chi connectivity index (χ0n) is 15.0. The number of carbonyl (C=O) groups is 1. The molecule has 0 aliphatic rings. The van der Waals surface area contributed by atoms with Crippen LogP contribution in [0.25, 0.3) is 5.57 Å². The van der Waals surface area contributed by atoms with Crippen LogP contribution in [0, 0.1) is 0 Å². The van der Waals surface area contributed by atoms with Gasteiger partial charge in [-0.15, -0.1) is 0 Å². The highest BCUT2D eigenvalue weighted by atomic mass is 16.5. The van der Waals surface area contributed by atoms with Gasteiger partial charge < -0.3 is 19.5 Å². The van der Waals surface area contributed by atoms with E-state index in [9.17, 15) is 4.79 Å². The van der Waals surface area contributed by atoms with Crippen LogP contribution in [0.1, 0.15) is 19.4 Å². The quantitative estimate of drug-likeness (QED) is 0.769. The highest BCUT2D eigenvalue weighted by Gasteiger charge is 2.10. The first-order valence-electron chi connectivity index (χ1n) is 8.02. The summed E-state index contributed by atoms with van der Waals surface area (Å²) < 4.78 is 16.1. The molecule has 132 valence electrons. The van der Waals surface area contributed by atoms with Crippen LogP contribution in [0.2, 0.25) is 0 Å². The summed E-state index contributed by atoms with van der Waals surface area (Å²) in [6.07, 6.45) is 1.53. The smallest absolute Gasteiger partial charge is 0.248 e. The zero-order valence-corrected chi connectivity index (χ0v) is 15.0. The van der Waals surface area contributed by atoms with E-state index in [-0.39, 0.29) is 5.91 Å². The minimum atomic E-state index is -0.234. The number of methoxy groups -OCH3 is 2. The summed E-state index contributed by atoms with van der Waals surface area (Å²) >= 11 is 0. The zero-order chi connectivity index (χ0) is 18.2. The van der Waals surface area contributed by atoms with Crippen molar-refractivity contribution >= 4 is 17.2 Å². The van der Waals surface area contributed by atoms with Gasteiger partial charge in [-0.05, 0) is 43.7 Å². The molecule has 0 aliphatic heterocycles. The van der Waals surface area contributed by atoms with Gasteiger partial charge in [0.1, 0.15) is 17.2 Å². The summed E-state index contributed by atoms with van der Waals surface area (Å²) in [5.41, 5.74) is 2.25. The summed E-state index contributed by atoms with van der Waals surface area (Å²) in [5, 5.41) is 2.85. The Kier molecular flexibility index (Phi) is 6.46. The number of benzene rings is 2. The Labute approximate surface area is 148 Å². The Bertz CT molecular complexity index is 768. The van der Waals surface area contributed by atoms with Crippen molar-refractivity contribution < 1.29 is 19.0 Å². The van der Waals surface area contributed by atoms with Crippen LogP contribution in [0.15, 0.2) is 48.5 Å². The fourth-order valence-corrected chi connectivity index (χ4v) is 2.42. The van der Waals surface area contributed by atoms with Crippen molar-refractivity contribution in [2.24, 2.45) is 0 Å². The molecule has 0 fully saturated rings. The molecule has 5 nitrogen and oxygen atoms in total. The monoisotopic (exact) mass is 341 g/mol. The average molecular weight is 341 g/mol. The molecule has 1 N–H and O–H groups in total. The minimum Gasteiger partial charge on any atom is -0.497 e. The first-order valence-corrected chi connectivity index (χ1v) is 8.02. The molecule has 2 aromatic rings. The first kappa shape index (κ1) is 18.4. The summed E-state index contributed by atoms with van der Waals surface area (Å²) in [4.78, 5) is 12.4. The fourth-order valence-electron chi connectivity index (χ4n) is 2.42. The molecule has 0 atom stereocenters. The Hall–Kier alpha value is -2.95. The molecule has 0 aromatic heterocycles. The average Bonchev–Trinajstić information content (AvgIpc) is 2.62. The molecule has 0 heterocycles. The number of hydrogen-bond acceptors (Lipinski definition) is 4. The SMILES string of the molecule is CCOc1ccccc1NC(=O)/C=C(\C)c1ccc(OC)cc1OC. The molecule has 1 amide bonds. The molecule has 25 heavy (non-hydrogen) atoms. The predicted octanol–water partition coefficient (Wildman–Crippen LogP) is 4.14. The normalized spacial score (nSPS) is 11.0. The van der Waals surface area contributed by atoms with E-state index in [0.29, 0.717) is 29.5 Å². The maximum absolute atomic E-state index is 12.4. The van der Waals surface area contributed by atoms with Gasteiger partial charge in [0.15, 0.2) is 0 Å². The largest absolute Gasteiger partial charge is 0.497 e. The summed E-state index contributed by atoms with van der Waals surface area (Å²) in [7, 11) is 3.18. The Morgan fingerprint density at radius 2 is 1.84 bits per heavy atom. The van der Waals surface area contributed by atoms with Crippen molar-refractivity contribution in [2.75, 3.05) is 26.1 Å². The van der Waals surface area contributed by atoms with Gasteiger partial charge in [0.25, 0.3) is 0 Å². The highest BCUT2D eigenvalue weighted by Crippen LogP contribution is 2.30. The van der Waals surface area contributed by atoms with Crippen LogP contribution in [-0.2, 0) is 4.79 Å². The fraction of sp³-hybridized carbons (Fsp3) is 0.250. The van der Waals surface area contributed by atoms with Crippen LogP contribution in [-0.4, -0.2) is 26.7 Å². The Balaban J connectivity index is 2.21. The lowest BCUT2D eigenvalue weighted by Crippen LogP contribution is -2.10. The van der Waals surface area contributed by atoms with Crippen molar-refractivity contribution in [2.45, 2.75) is 13.8 Å². The first-order chi connectivity index (χ1) is 12.1. The molecule has 0 unspecified atom stereocenters. The van der Waals surface area contributed by atoms with Crippen molar-refractivity contribution in [3.8, 4) is 17.2 Å². The predicted molar refractivity (Wildman–Crippen MR) is 99.4 cm³/mol. The molecule has 2 aromatic carbocycles. The molecule has 0 aliphatic carbocycles. The van der Waals surface area contributed by atoms with E-state index in [0.717, 1.165) is 11.1 Å². The van der Waals surface area contributed by atoms with Crippen molar-refractivity contribution in [3.63, 3.8) is 0 Å². The Morgan fingerprint density at radius 3 is 2.52 bits per heavy atom. The highest BCUT2D eigenvalue weighted by molar-refractivity contribution is 6.04. The summed E-state index contributed by atoms with van der Waals surface area (Å²) in [5.74, 6) is 1.76. The number of carbonyl (C=O) groups excluding carboxylic acids is 1. The van der Waals surface area contributed by atoms with E-state index in [1.165, 1.54) is 6.08 Å². The molecule has 2 rings (SSSR count). The molecule has 5 heteroatoms. The van der Waals surface area contributed by atoms with Crippen LogP contribution in [0.5, 0.6) is 17.2 Å². The molecular formula is C20H23NO4. The van der Waals surface area contributed by atoms with Crippen LogP contribution >= 0.6 is 0 Å². The number of allylic oxidation sites excluding steroid dienone is 1. The van der Waals surface area contributed by atoms with E-state index >= 15 is 0 Å². The lowest BCUT2D eigenvalue weighted by Gasteiger charge is -2.12. The van der Waals surface area contributed by atoms with Crippen molar-refractivity contribution in [1.29, 1.82) is 0 Å². The van der Waals surface area contributed by atoms with E-state index in [1.54, 1.807) is 26.4 Å². The molecule has 0 saturated heterocycles. The van der Waals surface area contributed by atoms with Gasteiger partial charge in [-0.1, -0.05) is 12.1 Å². The second-order valence-electron chi connectivity index (χ2n) is 5.31. The summed E-state index contributed by atoms with van der Waals surface area (Å²) in [6, 6.07) is 12.8. The van der Waals surface area contributed by atoms with Crippen LogP contribution in [0.4, 0.5) is 5.69 Å². The minimum absolute atomic E-state index is 0.234. The number of hydrogen-bond donors (Lipinski definition) is 1. The molecule has 0 radical (unpaired) electrons. The van der Waals surface area contributed by atoms with Gasteiger partial charge >= 0.3 is 0 Å². The van der Waals surface area contributed by atoms with E-state index in [4.69, 9.17) is 14.2 Å². The van der Waals surface area contributed by atoms with Crippen molar-refractivity contribution in [3.05, 3.63) is 54.1 Å². The number of para-hydroxylation sites is 2. The number of nitrogens with one attached hydrogen (secondary N) is 1.